The van der Waals surface area contributed by atoms with Crippen molar-refractivity contribution < 1.29 is 14.0 Å². The third kappa shape index (κ3) is 6.52. The standard InChI is InChI=1S/C24H26FN5O2S/c1-3-16-30-21(14-15-26-22(31)18-12-8-9-13-19(18)25)28-29-24(30)33-20(4-2)23(32)27-17-10-6-5-7-11-17/h3,5-13,20H,1,4,14-16H2,2H3,(H,26,31)(H,27,32). The number of benzene rings is 2. The molecule has 0 bridgehead atoms. The van der Waals surface area contributed by atoms with Crippen LogP contribution in [0, 0.1) is 5.82 Å². The zero-order valence-corrected chi connectivity index (χ0v) is 19.1. The van der Waals surface area contributed by atoms with Gasteiger partial charge in [0.05, 0.1) is 10.8 Å². The highest BCUT2D eigenvalue weighted by molar-refractivity contribution is 8.00. The maximum Gasteiger partial charge on any atom is 0.254 e. The van der Waals surface area contributed by atoms with Crippen molar-refractivity contribution in [1.82, 2.24) is 20.1 Å². The molecular weight excluding hydrogens is 441 g/mol. The lowest BCUT2D eigenvalue weighted by molar-refractivity contribution is -0.115. The summed E-state index contributed by atoms with van der Waals surface area (Å²) >= 11 is 1.33. The van der Waals surface area contributed by atoms with Crippen LogP contribution in [-0.4, -0.2) is 38.4 Å². The van der Waals surface area contributed by atoms with Crippen molar-refractivity contribution in [3.63, 3.8) is 0 Å². The van der Waals surface area contributed by atoms with E-state index in [1.54, 1.807) is 12.1 Å². The molecule has 7 nitrogen and oxygen atoms in total. The monoisotopic (exact) mass is 467 g/mol. The van der Waals surface area contributed by atoms with Gasteiger partial charge in [-0.05, 0) is 30.7 Å². The predicted octanol–water partition coefficient (Wildman–Crippen LogP) is 4.09. The van der Waals surface area contributed by atoms with Crippen LogP contribution in [0.3, 0.4) is 0 Å². The minimum Gasteiger partial charge on any atom is -0.351 e. The molecule has 172 valence electrons. The van der Waals surface area contributed by atoms with Gasteiger partial charge in [0.25, 0.3) is 5.91 Å². The molecule has 0 saturated heterocycles. The highest BCUT2D eigenvalue weighted by Crippen LogP contribution is 2.26. The summed E-state index contributed by atoms with van der Waals surface area (Å²) in [6.45, 7) is 6.45. The number of allylic oxidation sites excluding steroid dienone is 1. The molecule has 3 aromatic rings. The zero-order chi connectivity index (χ0) is 23.6. The second-order valence-corrected chi connectivity index (χ2v) is 8.32. The average molecular weight is 468 g/mol. The minimum absolute atomic E-state index is 0.00322. The van der Waals surface area contributed by atoms with Gasteiger partial charge in [0, 0.05) is 25.2 Å². The van der Waals surface area contributed by atoms with Crippen LogP contribution in [0.2, 0.25) is 0 Å². The number of aromatic nitrogens is 3. The van der Waals surface area contributed by atoms with Gasteiger partial charge in [-0.25, -0.2) is 4.39 Å². The highest BCUT2D eigenvalue weighted by atomic mass is 32.2. The fourth-order valence-electron chi connectivity index (χ4n) is 3.13. The van der Waals surface area contributed by atoms with Crippen molar-refractivity contribution in [1.29, 1.82) is 0 Å². The van der Waals surface area contributed by atoms with Crippen LogP contribution in [0.4, 0.5) is 10.1 Å². The summed E-state index contributed by atoms with van der Waals surface area (Å²) in [4.78, 5) is 25.0. The third-order valence-corrected chi connectivity index (χ3v) is 6.15. The number of halogens is 1. The topological polar surface area (TPSA) is 88.9 Å². The third-order valence-electron chi connectivity index (χ3n) is 4.81. The normalized spacial score (nSPS) is 11.6. The number of para-hydroxylation sites is 1. The van der Waals surface area contributed by atoms with E-state index in [0.29, 0.717) is 30.4 Å². The maximum absolute atomic E-state index is 13.8. The molecule has 0 spiro atoms. The summed E-state index contributed by atoms with van der Waals surface area (Å²) in [6, 6.07) is 15.1. The Hall–Kier alpha value is -3.46. The highest BCUT2D eigenvalue weighted by Gasteiger charge is 2.22. The summed E-state index contributed by atoms with van der Waals surface area (Å²) in [6.07, 6.45) is 2.73. The Labute approximate surface area is 196 Å². The summed E-state index contributed by atoms with van der Waals surface area (Å²) in [5.74, 6) is -0.519. The fourth-order valence-corrected chi connectivity index (χ4v) is 4.11. The maximum atomic E-state index is 13.8. The van der Waals surface area contributed by atoms with E-state index < -0.39 is 11.7 Å². The summed E-state index contributed by atoms with van der Waals surface area (Å²) < 4.78 is 15.6. The molecule has 1 heterocycles. The van der Waals surface area contributed by atoms with Crippen LogP contribution < -0.4 is 10.6 Å². The van der Waals surface area contributed by atoms with Crippen LogP contribution in [0.25, 0.3) is 0 Å². The minimum atomic E-state index is -0.567. The molecule has 0 radical (unpaired) electrons. The van der Waals surface area contributed by atoms with Gasteiger partial charge in [-0.3, -0.25) is 9.59 Å². The number of hydrogen-bond acceptors (Lipinski definition) is 5. The van der Waals surface area contributed by atoms with Gasteiger partial charge < -0.3 is 15.2 Å². The van der Waals surface area contributed by atoms with Gasteiger partial charge in [0.2, 0.25) is 5.91 Å². The summed E-state index contributed by atoms with van der Waals surface area (Å²) in [7, 11) is 0. The first-order valence-electron chi connectivity index (χ1n) is 10.6. The number of anilines is 1. The first kappa shape index (κ1) is 24.2. The molecule has 33 heavy (non-hydrogen) atoms. The van der Waals surface area contributed by atoms with Crippen molar-refractivity contribution >= 4 is 29.3 Å². The zero-order valence-electron chi connectivity index (χ0n) is 18.3. The quantitative estimate of drug-likeness (QED) is 0.328. The molecule has 0 aliphatic carbocycles. The van der Waals surface area contributed by atoms with E-state index in [-0.39, 0.29) is 23.3 Å². The van der Waals surface area contributed by atoms with Gasteiger partial charge in [0.1, 0.15) is 11.6 Å². The van der Waals surface area contributed by atoms with Crippen molar-refractivity contribution in [2.45, 2.75) is 36.7 Å². The van der Waals surface area contributed by atoms with Gasteiger partial charge >= 0.3 is 0 Å². The molecule has 0 fully saturated rings. The van der Waals surface area contributed by atoms with Crippen molar-refractivity contribution in [2.75, 3.05) is 11.9 Å². The summed E-state index contributed by atoms with van der Waals surface area (Å²) in [5, 5.41) is 14.4. The first-order chi connectivity index (χ1) is 16.0. The molecule has 0 saturated carbocycles. The predicted molar refractivity (Wildman–Crippen MR) is 128 cm³/mol. The second kappa shape index (κ2) is 12.0. The Morgan fingerprint density at radius 3 is 2.58 bits per heavy atom. The molecule has 0 aliphatic rings. The van der Waals surface area contributed by atoms with Crippen LogP contribution in [0.5, 0.6) is 0 Å². The van der Waals surface area contributed by atoms with Gasteiger partial charge in [-0.1, -0.05) is 55.1 Å². The van der Waals surface area contributed by atoms with Gasteiger partial charge in [-0.15, -0.1) is 16.8 Å². The number of carbonyl (C=O) groups is 2. The van der Waals surface area contributed by atoms with Crippen molar-refractivity contribution in [2.24, 2.45) is 0 Å². The van der Waals surface area contributed by atoms with Crippen LogP contribution in [-0.2, 0) is 17.8 Å². The molecule has 1 atom stereocenters. The summed E-state index contributed by atoms with van der Waals surface area (Å²) in [5.41, 5.74) is 0.733. The lowest BCUT2D eigenvalue weighted by Gasteiger charge is -2.15. The molecule has 2 amide bonds. The van der Waals surface area contributed by atoms with E-state index in [0.717, 1.165) is 5.69 Å². The smallest absolute Gasteiger partial charge is 0.254 e. The van der Waals surface area contributed by atoms with E-state index >= 15 is 0 Å². The average Bonchev–Trinajstić information content (AvgIpc) is 3.19. The molecule has 3 rings (SSSR count). The number of nitrogens with zero attached hydrogens (tertiary/aromatic N) is 3. The molecule has 1 unspecified atom stereocenters. The Kier molecular flexibility index (Phi) is 8.77. The van der Waals surface area contributed by atoms with Crippen LogP contribution >= 0.6 is 11.8 Å². The Morgan fingerprint density at radius 1 is 1.15 bits per heavy atom. The van der Waals surface area contributed by atoms with E-state index in [2.05, 4.69) is 27.4 Å². The Balaban J connectivity index is 1.64. The SMILES string of the molecule is C=CCn1c(CCNC(=O)c2ccccc2F)nnc1SC(CC)C(=O)Nc1ccccc1. The van der Waals surface area contributed by atoms with E-state index in [1.165, 1.54) is 30.0 Å². The number of rotatable bonds is 11. The Bertz CT molecular complexity index is 1100. The number of carbonyl (C=O) groups excluding carboxylic acids is 2. The molecule has 1 aromatic heterocycles. The fraction of sp³-hybridized carbons (Fsp3) is 0.250. The largest absolute Gasteiger partial charge is 0.351 e. The Morgan fingerprint density at radius 2 is 1.88 bits per heavy atom. The number of thioether (sulfide) groups is 1. The van der Waals surface area contributed by atoms with Crippen LogP contribution in [0.15, 0.2) is 72.4 Å². The van der Waals surface area contributed by atoms with Crippen LogP contribution in [0.1, 0.15) is 29.5 Å². The van der Waals surface area contributed by atoms with Crippen molar-refractivity contribution in [3.05, 3.63) is 84.5 Å². The number of hydrogen-bond donors (Lipinski definition) is 2. The first-order valence-corrected chi connectivity index (χ1v) is 11.5. The lowest BCUT2D eigenvalue weighted by Crippen LogP contribution is -2.27. The second-order valence-electron chi connectivity index (χ2n) is 7.15. The molecule has 2 aromatic carbocycles. The van der Waals surface area contributed by atoms with Gasteiger partial charge in [-0.2, -0.15) is 0 Å². The molecular formula is C24H26FN5O2S. The number of amides is 2. The van der Waals surface area contributed by atoms with Gasteiger partial charge in [0.15, 0.2) is 5.16 Å². The van der Waals surface area contributed by atoms with Crippen molar-refractivity contribution in [3.8, 4) is 0 Å². The number of nitrogens with one attached hydrogen (secondary N) is 2. The van der Waals surface area contributed by atoms with E-state index in [1.807, 2.05) is 41.8 Å². The molecule has 0 aliphatic heterocycles. The van der Waals surface area contributed by atoms with E-state index in [9.17, 15) is 14.0 Å². The lowest BCUT2D eigenvalue weighted by atomic mass is 10.2. The molecule has 9 heteroatoms. The van der Waals surface area contributed by atoms with E-state index in [4.69, 9.17) is 0 Å². The molecule has 2 N–H and O–H groups in total.